The highest BCUT2D eigenvalue weighted by Crippen LogP contribution is 2.18. The summed E-state index contributed by atoms with van der Waals surface area (Å²) in [6, 6.07) is 6.72. The Kier molecular flexibility index (Phi) is 4.98. The predicted octanol–water partition coefficient (Wildman–Crippen LogP) is 1.87. The smallest absolute Gasteiger partial charge is 0.339 e. The van der Waals surface area contributed by atoms with Crippen LogP contribution in [-0.2, 0) is 4.74 Å². The van der Waals surface area contributed by atoms with Gasteiger partial charge in [-0.3, -0.25) is 4.90 Å². The summed E-state index contributed by atoms with van der Waals surface area (Å²) >= 11 is 0. The first kappa shape index (κ1) is 14.8. The zero-order valence-electron chi connectivity index (χ0n) is 11.9. The third kappa shape index (κ3) is 3.95. The van der Waals surface area contributed by atoms with E-state index in [9.17, 15) is 4.79 Å². The van der Waals surface area contributed by atoms with E-state index in [1.165, 1.54) is 0 Å². The standard InChI is InChI=1S/C15H21NO4/c1-11-9-16(10-12(2)20-11)7-8-19-14-6-4-3-5-13(14)15(17)18/h3-6,11-12H,7-10H2,1-2H3,(H,17,18)/t11-,12+. The third-order valence-electron chi connectivity index (χ3n) is 3.28. The average molecular weight is 279 g/mol. The van der Waals surface area contributed by atoms with Gasteiger partial charge in [0.05, 0.1) is 12.2 Å². The molecule has 1 aliphatic rings. The van der Waals surface area contributed by atoms with Crippen LogP contribution < -0.4 is 4.74 Å². The topological polar surface area (TPSA) is 59.0 Å². The summed E-state index contributed by atoms with van der Waals surface area (Å²) in [7, 11) is 0. The van der Waals surface area contributed by atoms with Crippen molar-refractivity contribution in [3.63, 3.8) is 0 Å². The SMILES string of the molecule is C[C@@H]1CN(CCOc2ccccc2C(=O)O)C[C@H](C)O1. The molecule has 110 valence electrons. The molecule has 1 aliphatic heterocycles. The molecule has 1 aromatic carbocycles. The lowest BCUT2D eigenvalue weighted by molar-refractivity contribution is -0.0699. The molecule has 0 spiro atoms. The van der Waals surface area contributed by atoms with E-state index < -0.39 is 5.97 Å². The number of nitrogens with zero attached hydrogens (tertiary/aromatic N) is 1. The van der Waals surface area contributed by atoms with Gasteiger partial charge < -0.3 is 14.6 Å². The first-order valence-corrected chi connectivity index (χ1v) is 6.89. The van der Waals surface area contributed by atoms with Crippen molar-refractivity contribution in [1.82, 2.24) is 4.90 Å². The van der Waals surface area contributed by atoms with E-state index in [0.717, 1.165) is 19.6 Å². The van der Waals surface area contributed by atoms with E-state index in [1.807, 2.05) is 0 Å². The number of carboxylic acid groups (broad SMARTS) is 1. The largest absolute Gasteiger partial charge is 0.491 e. The molecule has 2 rings (SSSR count). The van der Waals surface area contributed by atoms with E-state index in [1.54, 1.807) is 24.3 Å². The molecular weight excluding hydrogens is 258 g/mol. The Hall–Kier alpha value is -1.59. The van der Waals surface area contributed by atoms with Crippen LogP contribution in [0.5, 0.6) is 5.75 Å². The number of carbonyl (C=O) groups is 1. The minimum Gasteiger partial charge on any atom is -0.491 e. The number of aromatic carboxylic acids is 1. The molecule has 20 heavy (non-hydrogen) atoms. The van der Waals surface area contributed by atoms with Crippen molar-refractivity contribution >= 4 is 5.97 Å². The Labute approximate surface area is 119 Å². The Balaban J connectivity index is 1.85. The molecule has 1 N–H and O–H groups in total. The van der Waals surface area contributed by atoms with Crippen LogP contribution in [0.25, 0.3) is 0 Å². The van der Waals surface area contributed by atoms with Crippen LogP contribution in [-0.4, -0.2) is 54.4 Å². The van der Waals surface area contributed by atoms with E-state index in [-0.39, 0.29) is 17.8 Å². The molecule has 5 nitrogen and oxygen atoms in total. The highest BCUT2D eigenvalue weighted by molar-refractivity contribution is 5.90. The average Bonchev–Trinajstić information content (AvgIpc) is 2.38. The Morgan fingerprint density at radius 2 is 2.00 bits per heavy atom. The summed E-state index contributed by atoms with van der Waals surface area (Å²) in [5.74, 6) is -0.538. The van der Waals surface area contributed by atoms with Gasteiger partial charge >= 0.3 is 5.97 Å². The number of hydrogen-bond acceptors (Lipinski definition) is 4. The van der Waals surface area contributed by atoms with E-state index in [0.29, 0.717) is 12.4 Å². The number of benzene rings is 1. The lowest BCUT2D eigenvalue weighted by Crippen LogP contribution is -2.46. The van der Waals surface area contributed by atoms with E-state index in [2.05, 4.69) is 18.7 Å². The van der Waals surface area contributed by atoms with Gasteiger partial charge in [-0.2, -0.15) is 0 Å². The quantitative estimate of drug-likeness (QED) is 0.891. The van der Waals surface area contributed by atoms with Crippen molar-refractivity contribution in [2.75, 3.05) is 26.2 Å². The van der Waals surface area contributed by atoms with Crippen LogP contribution in [0.4, 0.5) is 0 Å². The summed E-state index contributed by atoms with van der Waals surface area (Å²) in [5, 5.41) is 9.08. The van der Waals surface area contributed by atoms with Crippen molar-refractivity contribution in [2.24, 2.45) is 0 Å². The summed E-state index contributed by atoms with van der Waals surface area (Å²) in [5.41, 5.74) is 0.205. The zero-order chi connectivity index (χ0) is 14.5. The molecule has 0 amide bonds. The predicted molar refractivity (Wildman–Crippen MR) is 75.3 cm³/mol. The molecule has 1 fully saturated rings. The van der Waals surface area contributed by atoms with E-state index in [4.69, 9.17) is 14.6 Å². The fourth-order valence-electron chi connectivity index (χ4n) is 2.52. The first-order valence-electron chi connectivity index (χ1n) is 6.89. The summed E-state index contributed by atoms with van der Waals surface area (Å²) in [4.78, 5) is 13.3. The van der Waals surface area contributed by atoms with Crippen molar-refractivity contribution in [3.8, 4) is 5.75 Å². The number of hydrogen-bond donors (Lipinski definition) is 1. The minimum atomic E-state index is -0.964. The van der Waals surface area contributed by atoms with Crippen LogP contribution in [0.2, 0.25) is 0 Å². The fourth-order valence-corrected chi connectivity index (χ4v) is 2.52. The zero-order valence-corrected chi connectivity index (χ0v) is 11.9. The molecule has 2 atom stereocenters. The highest BCUT2D eigenvalue weighted by atomic mass is 16.5. The lowest BCUT2D eigenvalue weighted by atomic mass is 10.2. The van der Waals surface area contributed by atoms with Gasteiger partial charge in [-0.15, -0.1) is 0 Å². The lowest BCUT2D eigenvalue weighted by Gasteiger charge is -2.35. The van der Waals surface area contributed by atoms with Crippen LogP contribution in [0.1, 0.15) is 24.2 Å². The highest BCUT2D eigenvalue weighted by Gasteiger charge is 2.21. The molecule has 0 radical (unpaired) electrons. The molecule has 1 saturated heterocycles. The van der Waals surface area contributed by atoms with Crippen LogP contribution in [0, 0.1) is 0 Å². The molecule has 0 aliphatic carbocycles. The molecule has 1 heterocycles. The maximum absolute atomic E-state index is 11.1. The van der Waals surface area contributed by atoms with Gasteiger partial charge in [0.2, 0.25) is 0 Å². The molecule has 0 saturated carbocycles. The van der Waals surface area contributed by atoms with Gasteiger partial charge in [0.1, 0.15) is 17.9 Å². The number of ether oxygens (including phenoxy) is 2. The number of morpholine rings is 1. The maximum atomic E-state index is 11.1. The summed E-state index contributed by atoms with van der Waals surface area (Å²) in [6.07, 6.45) is 0.454. The maximum Gasteiger partial charge on any atom is 0.339 e. The second-order valence-electron chi connectivity index (χ2n) is 5.17. The second kappa shape index (κ2) is 6.72. The first-order chi connectivity index (χ1) is 9.56. The van der Waals surface area contributed by atoms with Crippen LogP contribution >= 0.6 is 0 Å². The molecule has 1 aromatic rings. The molecule has 0 bridgehead atoms. The van der Waals surface area contributed by atoms with Crippen molar-refractivity contribution in [3.05, 3.63) is 29.8 Å². The second-order valence-corrected chi connectivity index (χ2v) is 5.17. The number of rotatable bonds is 5. The van der Waals surface area contributed by atoms with Gasteiger partial charge in [-0.1, -0.05) is 12.1 Å². The van der Waals surface area contributed by atoms with Crippen molar-refractivity contribution < 1.29 is 19.4 Å². The Bertz CT molecular complexity index is 453. The Morgan fingerprint density at radius 3 is 2.65 bits per heavy atom. The van der Waals surface area contributed by atoms with Gasteiger partial charge in [-0.25, -0.2) is 4.79 Å². The van der Waals surface area contributed by atoms with Gasteiger partial charge in [0.15, 0.2) is 0 Å². The molecule has 5 heteroatoms. The van der Waals surface area contributed by atoms with Crippen LogP contribution in [0.15, 0.2) is 24.3 Å². The number of carboxylic acids is 1. The van der Waals surface area contributed by atoms with Gasteiger partial charge in [0, 0.05) is 19.6 Å². The minimum absolute atomic E-state index is 0.205. The normalized spacial score (nSPS) is 23.5. The summed E-state index contributed by atoms with van der Waals surface area (Å²) in [6.45, 7) is 7.13. The molecule has 0 unspecified atom stereocenters. The third-order valence-corrected chi connectivity index (χ3v) is 3.28. The summed E-state index contributed by atoms with van der Waals surface area (Å²) < 4.78 is 11.3. The van der Waals surface area contributed by atoms with Gasteiger partial charge in [0.25, 0.3) is 0 Å². The Morgan fingerprint density at radius 1 is 1.35 bits per heavy atom. The molecule has 0 aromatic heterocycles. The van der Waals surface area contributed by atoms with Crippen molar-refractivity contribution in [1.29, 1.82) is 0 Å². The van der Waals surface area contributed by atoms with Gasteiger partial charge in [-0.05, 0) is 26.0 Å². The monoisotopic (exact) mass is 279 g/mol. The number of para-hydroxylation sites is 1. The molecular formula is C15H21NO4. The van der Waals surface area contributed by atoms with Crippen LogP contribution in [0.3, 0.4) is 0 Å². The van der Waals surface area contributed by atoms with Crippen molar-refractivity contribution in [2.45, 2.75) is 26.1 Å². The fraction of sp³-hybridized carbons (Fsp3) is 0.533. The van der Waals surface area contributed by atoms with E-state index >= 15 is 0 Å².